The molecule has 9 heteroatoms. The first-order valence-corrected chi connectivity index (χ1v) is 8.00. The molecule has 21 heavy (non-hydrogen) atoms. The summed E-state index contributed by atoms with van der Waals surface area (Å²) in [6, 6.07) is 0. The highest BCUT2D eigenvalue weighted by Crippen LogP contribution is 2.14. The topological polar surface area (TPSA) is 94.3 Å². The van der Waals surface area contributed by atoms with Crippen LogP contribution >= 0.6 is 11.8 Å². The zero-order chi connectivity index (χ0) is 15.5. The van der Waals surface area contributed by atoms with E-state index in [0.29, 0.717) is 30.7 Å². The van der Waals surface area contributed by atoms with Crippen LogP contribution in [0.25, 0.3) is 0 Å². The van der Waals surface area contributed by atoms with Gasteiger partial charge in [0, 0.05) is 26.0 Å². The van der Waals surface area contributed by atoms with Crippen LogP contribution in [-0.4, -0.2) is 76.7 Å². The van der Waals surface area contributed by atoms with Crippen molar-refractivity contribution in [1.29, 1.82) is 0 Å². The van der Waals surface area contributed by atoms with E-state index in [2.05, 4.69) is 20.8 Å². The van der Waals surface area contributed by atoms with Crippen molar-refractivity contribution in [3.05, 3.63) is 0 Å². The molecule has 0 radical (unpaired) electrons. The maximum Gasteiger partial charge on any atom is 0.209 e. The first-order chi connectivity index (χ1) is 10.1. The van der Waals surface area contributed by atoms with Crippen molar-refractivity contribution < 1.29 is 14.6 Å². The summed E-state index contributed by atoms with van der Waals surface area (Å²) in [4.78, 5) is 0. The average Bonchev–Trinajstić information content (AvgIpc) is 2.90. The van der Waals surface area contributed by atoms with E-state index >= 15 is 0 Å². The number of thioether (sulfide) groups is 1. The number of hydrogen-bond acceptors (Lipinski definition) is 8. The van der Waals surface area contributed by atoms with Gasteiger partial charge in [-0.3, -0.25) is 0 Å². The molecule has 0 aliphatic heterocycles. The van der Waals surface area contributed by atoms with Crippen molar-refractivity contribution in [1.82, 2.24) is 25.5 Å². The number of hydrogen-bond donors (Lipinski definition) is 2. The molecule has 1 rings (SSSR count). The summed E-state index contributed by atoms with van der Waals surface area (Å²) < 4.78 is 12.0. The van der Waals surface area contributed by atoms with E-state index in [-0.39, 0.29) is 6.10 Å². The molecule has 0 fully saturated rings. The minimum Gasteiger partial charge on any atom is -0.390 e. The molecule has 0 bridgehead atoms. The fourth-order valence-electron chi connectivity index (χ4n) is 1.45. The molecule has 0 aliphatic rings. The summed E-state index contributed by atoms with van der Waals surface area (Å²) in [7, 11) is 1.67. The number of aliphatic hydroxyl groups excluding tert-OH is 1. The summed E-state index contributed by atoms with van der Waals surface area (Å²) >= 11 is 1.43. The Morgan fingerprint density at radius 3 is 2.90 bits per heavy atom. The van der Waals surface area contributed by atoms with Crippen molar-refractivity contribution >= 4 is 11.8 Å². The molecule has 1 atom stereocenters. The molecule has 122 valence electrons. The highest BCUT2D eigenvalue weighted by atomic mass is 32.2. The largest absolute Gasteiger partial charge is 0.390 e. The SMILES string of the molecule is COCCNCCn1nnnc1SCC(O)COC(C)C. The van der Waals surface area contributed by atoms with Gasteiger partial charge >= 0.3 is 0 Å². The first-order valence-electron chi connectivity index (χ1n) is 7.01. The molecule has 1 aromatic rings. The minimum atomic E-state index is -0.526. The Hall–Kier alpha value is -0.740. The van der Waals surface area contributed by atoms with Gasteiger partial charge in [0.05, 0.1) is 32.0 Å². The zero-order valence-electron chi connectivity index (χ0n) is 12.9. The fourth-order valence-corrected chi connectivity index (χ4v) is 2.26. The molecule has 0 spiro atoms. The third kappa shape index (κ3) is 8.32. The van der Waals surface area contributed by atoms with Crippen molar-refractivity contribution in [2.24, 2.45) is 0 Å². The van der Waals surface area contributed by atoms with Crippen molar-refractivity contribution in [2.45, 2.75) is 37.8 Å². The third-order valence-corrected chi connectivity index (χ3v) is 3.61. The Bertz CT molecular complexity index is 378. The van der Waals surface area contributed by atoms with E-state index < -0.39 is 6.10 Å². The molecular formula is C12H25N5O3S. The minimum absolute atomic E-state index is 0.119. The summed E-state index contributed by atoms with van der Waals surface area (Å²) in [5.41, 5.74) is 0. The van der Waals surface area contributed by atoms with Gasteiger partial charge in [-0.2, -0.15) is 0 Å². The van der Waals surface area contributed by atoms with E-state index in [9.17, 15) is 5.11 Å². The van der Waals surface area contributed by atoms with Crippen LogP contribution in [0.15, 0.2) is 5.16 Å². The number of tetrazole rings is 1. The van der Waals surface area contributed by atoms with E-state index in [1.54, 1.807) is 11.8 Å². The predicted octanol–water partition coefficient (Wildman–Crippen LogP) is -0.213. The van der Waals surface area contributed by atoms with Gasteiger partial charge in [-0.1, -0.05) is 11.8 Å². The van der Waals surface area contributed by atoms with Crippen molar-refractivity contribution in [3.63, 3.8) is 0 Å². The number of aromatic nitrogens is 4. The Morgan fingerprint density at radius 1 is 1.38 bits per heavy atom. The van der Waals surface area contributed by atoms with Gasteiger partial charge in [-0.05, 0) is 24.3 Å². The second-order valence-corrected chi connectivity index (χ2v) is 5.76. The first kappa shape index (κ1) is 18.3. The number of rotatable bonds is 12. The second-order valence-electron chi connectivity index (χ2n) is 4.77. The maximum atomic E-state index is 9.81. The van der Waals surface area contributed by atoms with Gasteiger partial charge in [-0.15, -0.1) is 5.10 Å². The second kappa shape index (κ2) is 10.9. The lowest BCUT2D eigenvalue weighted by Gasteiger charge is -2.12. The van der Waals surface area contributed by atoms with Crippen LogP contribution in [0.4, 0.5) is 0 Å². The lowest BCUT2D eigenvalue weighted by molar-refractivity contribution is 0.0152. The molecule has 0 aromatic carbocycles. The smallest absolute Gasteiger partial charge is 0.209 e. The normalized spacial score (nSPS) is 13.0. The number of nitrogens with one attached hydrogen (secondary N) is 1. The van der Waals surface area contributed by atoms with Gasteiger partial charge in [0.25, 0.3) is 0 Å². The summed E-state index contributed by atoms with van der Waals surface area (Å²) in [6.07, 6.45) is -0.407. The van der Waals surface area contributed by atoms with Gasteiger partial charge in [0.15, 0.2) is 0 Å². The monoisotopic (exact) mass is 319 g/mol. The molecule has 0 amide bonds. The predicted molar refractivity (Wildman–Crippen MR) is 80.4 cm³/mol. The van der Waals surface area contributed by atoms with Crippen LogP contribution < -0.4 is 5.32 Å². The highest BCUT2D eigenvalue weighted by Gasteiger charge is 2.11. The molecular weight excluding hydrogens is 294 g/mol. The van der Waals surface area contributed by atoms with E-state index in [4.69, 9.17) is 9.47 Å². The van der Waals surface area contributed by atoms with E-state index in [1.807, 2.05) is 13.8 Å². The zero-order valence-corrected chi connectivity index (χ0v) is 13.7. The fraction of sp³-hybridized carbons (Fsp3) is 0.917. The number of methoxy groups -OCH3 is 1. The Balaban J connectivity index is 2.24. The number of ether oxygens (including phenoxy) is 2. The van der Waals surface area contributed by atoms with E-state index in [1.165, 1.54) is 11.8 Å². The number of aliphatic hydroxyl groups is 1. The van der Waals surface area contributed by atoms with Crippen LogP contribution in [0.1, 0.15) is 13.8 Å². The summed E-state index contributed by atoms with van der Waals surface area (Å²) in [5, 5.41) is 25.3. The average molecular weight is 319 g/mol. The standard InChI is InChI=1S/C12H25N5O3S/c1-10(2)20-8-11(18)9-21-12-14-15-16-17(12)6-4-13-5-7-19-3/h10-11,13,18H,4-9H2,1-3H3. The molecule has 0 saturated heterocycles. The molecule has 8 nitrogen and oxygen atoms in total. The van der Waals surface area contributed by atoms with Gasteiger partial charge in [0.1, 0.15) is 0 Å². The Labute approximate surface area is 129 Å². The quantitative estimate of drug-likeness (QED) is 0.404. The highest BCUT2D eigenvalue weighted by molar-refractivity contribution is 7.99. The third-order valence-electron chi connectivity index (χ3n) is 2.51. The lowest BCUT2D eigenvalue weighted by Crippen LogP contribution is -2.24. The van der Waals surface area contributed by atoms with Crippen LogP contribution in [0.3, 0.4) is 0 Å². The van der Waals surface area contributed by atoms with Crippen molar-refractivity contribution in [3.8, 4) is 0 Å². The van der Waals surface area contributed by atoms with Crippen LogP contribution in [0.2, 0.25) is 0 Å². The molecule has 0 saturated carbocycles. The van der Waals surface area contributed by atoms with Crippen molar-refractivity contribution in [2.75, 3.05) is 39.2 Å². The number of nitrogens with zero attached hydrogens (tertiary/aromatic N) is 4. The summed E-state index contributed by atoms with van der Waals surface area (Å²) in [6.45, 7) is 7.13. The Morgan fingerprint density at radius 2 is 2.19 bits per heavy atom. The van der Waals surface area contributed by atoms with Crippen LogP contribution in [0, 0.1) is 0 Å². The molecule has 2 N–H and O–H groups in total. The molecule has 0 aliphatic carbocycles. The van der Waals surface area contributed by atoms with Gasteiger partial charge in [-0.25, -0.2) is 4.68 Å². The summed E-state index contributed by atoms with van der Waals surface area (Å²) in [5.74, 6) is 0.504. The van der Waals surface area contributed by atoms with Gasteiger partial charge < -0.3 is 19.9 Å². The maximum absolute atomic E-state index is 9.81. The van der Waals surface area contributed by atoms with E-state index in [0.717, 1.165) is 13.1 Å². The molecule has 1 heterocycles. The Kier molecular flexibility index (Phi) is 9.51. The van der Waals surface area contributed by atoms with Gasteiger partial charge in [0.2, 0.25) is 5.16 Å². The molecule has 1 aromatic heterocycles. The van der Waals surface area contributed by atoms with Crippen LogP contribution in [-0.2, 0) is 16.0 Å². The molecule has 1 unspecified atom stereocenters. The lowest BCUT2D eigenvalue weighted by atomic mass is 10.4. The van der Waals surface area contributed by atoms with Crippen LogP contribution in [0.5, 0.6) is 0 Å².